The minimum absolute atomic E-state index is 0.0490. The smallest absolute Gasteiger partial charge is 0.332 e. The molecule has 1 saturated heterocycles. The number of para-hydroxylation sites is 1. The lowest BCUT2D eigenvalue weighted by Crippen LogP contribution is -2.40. The van der Waals surface area contributed by atoms with Crippen molar-refractivity contribution in [1.29, 1.82) is 0 Å². The summed E-state index contributed by atoms with van der Waals surface area (Å²) in [6.45, 7) is 7.38. The van der Waals surface area contributed by atoms with Crippen molar-refractivity contribution in [3.05, 3.63) is 92.0 Å². The van der Waals surface area contributed by atoms with Crippen molar-refractivity contribution in [1.82, 2.24) is 28.7 Å². The summed E-state index contributed by atoms with van der Waals surface area (Å²) in [6.07, 6.45) is 3.82. The van der Waals surface area contributed by atoms with Gasteiger partial charge in [-0.05, 0) is 45.2 Å². The van der Waals surface area contributed by atoms with E-state index in [1.54, 1.807) is 14.0 Å². The maximum atomic E-state index is 14.0. The number of fused-ring (bicyclic) bond motifs is 2. The molecule has 0 bridgehead atoms. The predicted octanol–water partition coefficient (Wildman–Crippen LogP) is 3.62. The number of nitrogens with zero attached hydrogens (tertiary/aromatic N) is 8. The van der Waals surface area contributed by atoms with E-state index in [4.69, 9.17) is 9.98 Å². The lowest BCUT2D eigenvalue weighted by Gasteiger charge is -2.31. The molecule has 2 aromatic carbocycles. The Morgan fingerprint density at radius 1 is 1.02 bits per heavy atom. The number of aromatic nitrogens is 6. The molecule has 10 nitrogen and oxygen atoms in total. The van der Waals surface area contributed by atoms with Crippen LogP contribution in [0.2, 0.25) is 0 Å². The van der Waals surface area contributed by atoms with Crippen LogP contribution in [0.4, 0.5) is 5.95 Å². The number of piperidine rings is 1. The fraction of sp³-hybridized carbons (Fsp3) is 0.333. The summed E-state index contributed by atoms with van der Waals surface area (Å²) in [5.41, 5.74) is 3.60. The van der Waals surface area contributed by atoms with Gasteiger partial charge >= 0.3 is 5.69 Å². The first-order valence-electron chi connectivity index (χ1n) is 14.5. The molecule has 0 aliphatic carbocycles. The van der Waals surface area contributed by atoms with Gasteiger partial charge in [-0.15, -0.1) is 5.92 Å². The van der Waals surface area contributed by atoms with E-state index in [1.165, 1.54) is 14.7 Å². The van der Waals surface area contributed by atoms with Gasteiger partial charge in [-0.3, -0.25) is 23.5 Å². The van der Waals surface area contributed by atoms with Crippen LogP contribution in [0.25, 0.3) is 22.1 Å². The molecule has 5 aromatic rings. The van der Waals surface area contributed by atoms with Crippen molar-refractivity contribution in [2.45, 2.75) is 52.7 Å². The minimum Gasteiger partial charge on any atom is -0.340 e. The van der Waals surface area contributed by atoms with Crippen LogP contribution < -0.4 is 16.1 Å². The lowest BCUT2D eigenvalue weighted by molar-refractivity contribution is 0.499. The Bertz CT molecular complexity index is 2040. The van der Waals surface area contributed by atoms with Crippen molar-refractivity contribution in [3.8, 4) is 11.8 Å². The van der Waals surface area contributed by atoms with Crippen LogP contribution in [0.3, 0.4) is 0 Å². The van der Waals surface area contributed by atoms with Gasteiger partial charge in [0.1, 0.15) is 5.82 Å². The molecule has 6 rings (SSSR count). The summed E-state index contributed by atoms with van der Waals surface area (Å²) < 4.78 is 4.46. The van der Waals surface area contributed by atoms with Crippen molar-refractivity contribution in [2.75, 3.05) is 18.0 Å². The van der Waals surface area contributed by atoms with Gasteiger partial charge in [-0.25, -0.2) is 14.8 Å². The molecule has 3 aromatic heterocycles. The van der Waals surface area contributed by atoms with Crippen LogP contribution in [-0.2, 0) is 20.1 Å². The molecule has 0 radical (unpaired) electrons. The number of hydrogen-bond acceptors (Lipinski definition) is 7. The highest BCUT2D eigenvalue weighted by atomic mass is 16.2. The van der Waals surface area contributed by atoms with Crippen LogP contribution in [0, 0.1) is 25.7 Å². The monoisotopic (exact) mass is 574 g/mol. The fourth-order valence-electron chi connectivity index (χ4n) is 5.66. The number of hydrogen-bond donors (Lipinski definition) is 0. The molecule has 0 saturated carbocycles. The van der Waals surface area contributed by atoms with Gasteiger partial charge in [-0.2, -0.15) is 4.98 Å². The molecule has 4 heterocycles. The lowest BCUT2D eigenvalue weighted by atomic mass is 10.1. The maximum absolute atomic E-state index is 14.0. The average Bonchev–Trinajstić information content (AvgIpc) is 3.41. The molecule has 1 unspecified atom stereocenters. The van der Waals surface area contributed by atoms with E-state index in [0.29, 0.717) is 29.5 Å². The number of aryl methyl sites for hydroxylation is 3. The fourth-order valence-corrected chi connectivity index (χ4v) is 5.66. The average molecular weight is 575 g/mol. The summed E-state index contributed by atoms with van der Waals surface area (Å²) in [6, 6.07) is 16.1. The first-order valence-corrected chi connectivity index (χ1v) is 14.5. The molecule has 10 heteroatoms. The number of aliphatic imine (C=N–C) groups is 1. The Hall–Kier alpha value is -5.04. The molecule has 0 amide bonds. The molecular formula is C33H34N8O2. The quantitative estimate of drug-likeness (QED) is 0.227. The summed E-state index contributed by atoms with van der Waals surface area (Å²) >= 11 is 0. The third-order valence-electron chi connectivity index (χ3n) is 7.96. The maximum Gasteiger partial charge on any atom is 0.332 e. The molecule has 1 atom stereocenters. The van der Waals surface area contributed by atoms with Crippen molar-refractivity contribution < 1.29 is 0 Å². The number of imidazole rings is 1. The van der Waals surface area contributed by atoms with E-state index >= 15 is 0 Å². The second-order valence-electron chi connectivity index (χ2n) is 11.0. The zero-order valence-corrected chi connectivity index (χ0v) is 24.9. The number of benzene rings is 2. The number of rotatable bonds is 6. The topological polar surface area (TPSA) is 103 Å². The van der Waals surface area contributed by atoms with E-state index < -0.39 is 11.2 Å². The Morgan fingerprint density at radius 2 is 1.81 bits per heavy atom. The molecule has 218 valence electrons. The molecule has 43 heavy (non-hydrogen) atoms. The summed E-state index contributed by atoms with van der Waals surface area (Å²) in [4.78, 5) is 48.7. The van der Waals surface area contributed by atoms with Crippen molar-refractivity contribution in [3.63, 3.8) is 0 Å². The first-order chi connectivity index (χ1) is 20.8. The second-order valence-corrected chi connectivity index (χ2v) is 11.0. The molecule has 1 aliphatic rings. The predicted molar refractivity (Wildman–Crippen MR) is 170 cm³/mol. The SMILES string of the molecule is CC#CCn1c(N2CCCC(/N=C/c3ccc(C)cc3)C2)nc2c1c(=O)n(Cc1nc(C)c3ccccc3n1)c(=O)n2C. The Balaban J connectivity index is 1.40. The molecule has 0 N–H and O–H groups in total. The van der Waals surface area contributed by atoms with E-state index in [0.717, 1.165) is 41.5 Å². The van der Waals surface area contributed by atoms with Crippen LogP contribution >= 0.6 is 0 Å². The summed E-state index contributed by atoms with van der Waals surface area (Å²) in [5, 5.41) is 0.936. The standard InChI is InChI=1S/C33H34N8O2/c1-5-6-18-40-29-30(37-32(40)39-17-9-10-25(20-39)34-19-24-15-13-22(2)14-16-24)38(4)33(43)41(31(29)42)21-28-35-23(3)26-11-7-8-12-27(26)36-28/h7-8,11-16,19,25H,9-10,17-18,20-21H2,1-4H3/b34-19+. The van der Waals surface area contributed by atoms with E-state index in [-0.39, 0.29) is 19.1 Å². The minimum atomic E-state index is -0.469. The highest BCUT2D eigenvalue weighted by Crippen LogP contribution is 2.24. The largest absolute Gasteiger partial charge is 0.340 e. The van der Waals surface area contributed by atoms with Crippen LogP contribution in [0.1, 0.15) is 42.4 Å². The van der Waals surface area contributed by atoms with Gasteiger partial charge in [-0.1, -0.05) is 53.9 Å². The zero-order chi connectivity index (χ0) is 30.1. The van der Waals surface area contributed by atoms with Gasteiger partial charge in [0, 0.05) is 37.4 Å². The summed E-state index contributed by atoms with van der Waals surface area (Å²) in [5.74, 6) is 7.06. The van der Waals surface area contributed by atoms with Crippen LogP contribution in [-0.4, -0.2) is 54.0 Å². The second kappa shape index (κ2) is 11.7. The molecule has 1 aliphatic heterocycles. The van der Waals surface area contributed by atoms with E-state index in [2.05, 4.69) is 57.9 Å². The number of anilines is 1. The Morgan fingerprint density at radius 3 is 2.60 bits per heavy atom. The van der Waals surface area contributed by atoms with Gasteiger partial charge in [0.2, 0.25) is 5.95 Å². The highest BCUT2D eigenvalue weighted by Gasteiger charge is 2.27. The van der Waals surface area contributed by atoms with Crippen LogP contribution in [0.15, 0.2) is 63.1 Å². The van der Waals surface area contributed by atoms with Gasteiger partial charge in [0.25, 0.3) is 5.56 Å². The van der Waals surface area contributed by atoms with Crippen LogP contribution in [0.5, 0.6) is 0 Å². The zero-order valence-electron chi connectivity index (χ0n) is 24.9. The highest BCUT2D eigenvalue weighted by molar-refractivity contribution is 5.81. The van der Waals surface area contributed by atoms with E-state index in [1.807, 2.05) is 42.0 Å². The normalized spacial score (nSPS) is 15.3. The third-order valence-corrected chi connectivity index (χ3v) is 7.96. The Labute approximate surface area is 249 Å². The first kappa shape index (κ1) is 28.1. The third kappa shape index (κ3) is 5.46. The summed E-state index contributed by atoms with van der Waals surface area (Å²) in [7, 11) is 1.64. The molecular weight excluding hydrogens is 540 g/mol. The van der Waals surface area contributed by atoms with Gasteiger partial charge in [0.15, 0.2) is 11.2 Å². The Kier molecular flexibility index (Phi) is 7.63. The van der Waals surface area contributed by atoms with Crippen molar-refractivity contribution in [2.24, 2.45) is 12.0 Å². The van der Waals surface area contributed by atoms with Gasteiger partial charge < -0.3 is 4.90 Å². The van der Waals surface area contributed by atoms with E-state index in [9.17, 15) is 9.59 Å². The van der Waals surface area contributed by atoms with Gasteiger partial charge in [0.05, 0.1) is 24.6 Å². The molecule has 0 spiro atoms. The van der Waals surface area contributed by atoms with Crippen molar-refractivity contribution >= 4 is 34.2 Å². The molecule has 1 fully saturated rings.